The van der Waals surface area contributed by atoms with E-state index in [1.54, 1.807) is 6.26 Å². The molecule has 0 amide bonds. The highest BCUT2D eigenvalue weighted by atomic mass is 16.3. The molecule has 0 aromatic carbocycles. The SMILES string of the molecule is CCC1(c2ccco2)CC1CNCC(C)C. The third kappa shape index (κ3) is 2.17. The minimum atomic E-state index is 0.341. The zero-order valence-electron chi connectivity index (χ0n) is 10.6. The Morgan fingerprint density at radius 3 is 2.94 bits per heavy atom. The topological polar surface area (TPSA) is 25.2 Å². The van der Waals surface area contributed by atoms with Crippen LogP contribution < -0.4 is 5.32 Å². The van der Waals surface area contributed by atoms with Crippen LogP contribution in [0.2, 0.25) is 0 Å². The molecule has 2 unspecified atom stereocenters. The van der Waals surface area contributed by atoms with Crippen molar-refractivity contribution in [2.24, 2.45) is 11.8 Å². The average Bonchev–Trinajstić information content (AvgIpc) is 2.73. The summed E-state index contributed by atoms with van der Waals surface area (Å²) in [5.41, 5.74) is 0.341. The number of nitrogens with one attached hydrogen (secondary N) is 1. The molecule has 1 aliphatic carbocycles. The minimum Gasteiger partial charge on any atom is -0.469 e. The summed E-state index contributed by atoms with van der Waals surface area (Å²) in [7, 11) is 0. The number of furan rings is 1. The van der Waals surface area contributed by atoms with Crippen LogP contribution in [0, 0.1) is 11.8 Å². The van der Waals surface area contributed by atoms with Crippen molar-refractivity contribution in [3.05, 3.63) is 24.2 Å². The molecule has 90 valence electrons. The molecular formula is C14H23NO. The van der Waals surface area contributed by atoms with Gasteiger partial charge in [-0.15, -0.1) is 0 Å². The summed E-state index contributed by atoms with van der Waals surface area (Å²) in [6.45, 7) is 9.02. The van der Waals surface area contributed by atoms with Crippen LogP contribution in [-0.2, 0) is 5.41 Å². The van der Waals surface area contributed by atoms with Gasteiger partial charge in [-0.25, -0.2) is 0 Å². The van der Waals surface area contributed by atoms with Gasteiger partial charge < -0.3 is 9.73 Å². The van der Waals surface area contributed by atoms with Gasteiger partial charge in [0.25, 0.3) is 0 Å². The Morgan fingerprint density at radius 1 is 1.56 bits per heavy atom. The van der Waals surface area contributed by atoms with E-state index in [1.807, 2.05) is 6.07 Å². The van der Waals surface area contributed by atoms with Crippen LogP contribution >= 0.6 is 0 Å². The molecule has 1 aromatic rings. The maximum absolute atomic E-state index is 5.58. The zero-order valence-corrected chi connectivity index (χ0v) is 10.6. The van der Waals surface area contributed by atoms with Crippen molar-refractivity contribution in [3.63, 3.8) is 0 Å². The lowest BCUT2D eigenvalue weighted by Gasteiger charge is -2.13. The van der Waals surface area contributed by atoms with Gasteiger partial charge in [-0.3, -0.25) is 0 Å². The molecule has 16 heavy (non-hydrogen) atoms. The summed E-state index contributed by atoms with van der Waals surface area (Å²) < 4.78 is 5.58. The Hall–Kier alpha value is -0.760. The molecule has 0 saturated heterocycles. The molecule has 0 spiro atoms. The molecule has 0 radical (unpaired) electrons. The molecular weight excluding hydrogens is 198 g/mol. The molecule has 2 atom stereocenters. The van der Waals surface area contributed by atoms with Crippen molar-refractivity contribution in [1.82, 2.24) is 5.32 Å². The first kappa shape index (κ1) is 11.7. The Morgan fingerprint density at radius 2 is 2.38 bits per heavy atom. The number of rotatable bonds is 6. The fourth-order valence-electron chi connectivity index (χ4n) is 2.67. The van der Waals surface area contributed by atoms with Gasteiger partial charge in [0.1, 0.15) is 5.76 Å². The van der Waals surface area contributed by atoms with E-state index >= 15 is 0 Å². The van der Waals surface area contributed by atoms with Crippen LogP contribution in [0.15, 0.2) is 22.8 Å². The van der Waals surface area contributed by atoms with Crippen molar-refractivity contribution >= 4 is 0 Å². The smallest absolute Gasteiger partial charge is 0.110 e. The highest BCUT2D eigenvalue weighted by Crippen LogP contribution is 2.56. The molecule has 0 aliphatic heterocycles. The second-order valence-corrected chi connectivity index (χ2v) is 5.44. The lowest BCUT2D eigenvalue weighted by Crippen LogP contribution is -2.24. The number of hydrogen-bond donors (Lipinski definition) is 1. The summed E-state index contributed by atoms with van der Waals surface area (Å²) in [6, 6.07) is 4.13. The molecule has 2 nitrogen and oxygen atoms in total. The minimum absolute atomic E-state index is 0.341. The fraction of sp³-hybridized carbons (Fsp3) is 0.714. The summed E-state index contributed by atoms with van der Waals surface area (Å²) in [6.07, 6.45) is 4.26. The maximum atomic E-state index is 5.58. The zero-order chi connectivity index (χ0) is 11.6. The molecule has 2 heteroatoms. The fourth-order valence-corrected chi connectivity index (χ4v) is 2.67. The normalized spacial score (nSPS) is 28.6. The van der Waals surface area contributed by atoms with Crippen molar-refractivity contribution in [2.45, 2.75) is 39.0 Å². The van der Waals surface area contributed by atoms with Crippen LogP contribution in [0.3, 0.4) is 0 Å². The molecule has 0 bridgehead atoms. The lowest BCUT2D eigenvalue weighted by molar-refractivity contribution is 0.411. The van der Waals surface area contributed by atoms with E-state index in [0.29, 0.717) is 5.41 Å². The van der Waals surface area contributed by atoms with Crippen molar-refractivity contribution in [2.75, 3.05) is 13.1 Å². The molecule has 1 N–H and O–H groups in total. The van der Waals surface area contributed by atoms with E-state index in [4.69, 9.17) is 4.42 Å². The van der Waals surface area contributed by atoms with Gasteiger partial charge in [0.05, 0.1) is 6.26 Å². The Kier molecular flexibility index (Phi) is 3.38. The second-order valence-electron chi connectivity index (χ2n) is 5.44. The van der Waals surface area contributed by atoms with E-state index in [1.165, 1.54) is 18.6 Å². The molecule has 1 aliphatic rings. The predicted molar refractivity (Wildman–Crippen MR) is 66.5 cm³/mol. The van der Waals surface area contributed by atoms with Gasteiger partial charge in [0, 0.05) is 5.41 Å². The standard InChI is InChI=1S/C14H23NO/c1-4-14(13-6-5-7-16-13)8-12(14)10-15-9-11(2)3/h5-7,11-12,15H,4,8-10H2,1-3H3. The Bertz CT molecular complexity index is 317. The van der Waals surface area contributed by atoms with E-state index in [-0.39, 0.29) is 0 Å². The quantitative estimate of drug-likeness (QED) is 0.798. The highest BCUT2D eigenvalue weighted by Gasteiger charge is 2.55. The van der Waals surface area contributed by atoms with Crippen LogP contribution in [0.5, 0.6) is 0 Å². The maximum Gasteiger partial charge on any atom is 0.110 e. The van der Waals surface area contributed by atoms with Gasteiger partial charge in [0.2, 0.25) is 0 Å². The first-order valence-corrected chi connectivity index (χ1v) is 6.43. The van der Waals surface area contributed by atoms with Crippen LogP contribution in [0.25, 0.3) is 0 Å². The third-order valence-electron chi connectivity index (χ3n) is 3.82. The predicted octanol–water partition coefficient (Wildman–Crippen LogP) is 3.19. The molecule has 1 aromatic heterocycles. The summed E-state index contributed by atoms with van der Waals surface area (Å²) in [5.74, 6) is 2.69. The van der Waals surface area contributed by atoms with E-state index in [2.05, 4.69) is 32.2 Å². The van der Waals surface area contributed by atoms with Crippen molar-refractivity contribution < 1.29 is 4.42 Å². The monoisotopic (exact) mass is 221 g/mol. The van der Waals surface area contributed by atoms with Gasteiger partial charge in [-0.1, -0.05) is 20.8 Å². The average molecular weight is 221 g/mol. The van der Waals surface area contributed by atoms with Crippen LogP contribution in [0.4, 0.5) is 0 Å². The van der Waals surface area contributed by atoms with Crippen molar-refractivity contribution in [3.8, 4) is 0 Å². The van der Waals surface area contributed by atoms with E-state index < -0.39 is 0 Å². The first-order chi connectivity index (χ1) is 7.69. The first-order valence-electron chi connectivity index (χ1n) is 6.43. The summed E-state index contributed by atoms with van der Waals surface area (Å²) in [5, 5.41) is 3.56. The Labute approximate surface area is 98.4 Å². The second kappa shape index (κ2) is 4.62. The highest BCUT2D eigenvalue weighted by molar-refractivity contribution is 5.25. The Balaban J connectivity index is 1.87. The largest absolute Gasteiger partial charge is 0.469 e. The van der Waals surface area contributed by atoms with Gasteiger partial charge in [-0.05, 0) is 49.9 Å². The molecule has 1 fully saturated rings. The number of hydrogen-bond acceptors (Lipinski definition) is 2. The summed E-state index contributed by atoms with van der Waals surface area (Å²) >= 11 is 0. The van der Waals surface area contributed by atoms with E-state index in [0.717, 1.165) is 24.9 Å². The summed E-state index contributed by atoms with van der Waals surface area (Å²) in [4.78, 5) is 0. The van der Waals surface area contributed by atoms with Gasteiger partial charge in [-0.2, -0.15) is 0 Å². The van der Waals surface area contributed by atoms with Gasteiger partial charge >= 0.3 is 0 Å². The lowest BCUT2D eigenvalue weighted by atomic mass is 9.97. The molecule has 2 rings (SSSR count). The van der Waals surface area contributed by atoms with Crippen LogP contribution in [0.1, 0.15) is 39.4 Å². The molecule has 1 heterocycles. The van der Waals surface area contributed by atoms with Gasteiger partial charge in [0.15, 0.2) is 0 Å². The third-order valence-corrected chi connectivity index (χ3v) is 3.82. The van der Waals surface area contributed by atoms with Crippen LogP contribution in [-0.4, -0.2) is 13.1 Å². The van der Waals surface area contributed by atoms with Crippen molar-refractivity contribution in [1.29, 1.82) is 0 Å². The molecule has 1 saturated carbocycles. The van der Waals surface area contributed by atoms with E-state index in [9.17, 15) is 0 Å².